The third-order valence-electron chi connectivity index (χ3n) is 4.81. The number of carbonyl (C=O) groups excluding carboxylic acids is 1. The summed E-state index contributed by atoms with van der Waals surface area (Å²) in [5, 5.41) is 29.9. The smallest absolute Gasteiger partial charge is 0.550 e. The van der Waals surface area contributed by atoms with Crippen LogP contribution in [0.4, 0.5) is 0 Å². The first-order valence-electron chi connectivity index (χ1n) is 9.12. The zero-order valence-electron chi connectivity index (χ0n) is 16.8. The van der Waals surface area contributed by atoms with Crippen molar-refractivity contribution in [3.8, 4) is 0 Å². The Hall–Kier alpha value is -0.100. The van der Waals surface area contributed by atoms with E-state index in [4.69, 9.17) is 5.11 Å². The first kappa shape index (κ1) is 27.1. The predicted molar refractivity (Wildman–Crippen MR) is 92.4 cm³/mol. The van der Waals surface area contributed by atoms with E-state index < -0.39 is 22.8 Å². The Balaban J connectivity index is 0. The predicted octanol–water partition coefficient (Wildman–Crippen LogP) is 0.139. The van der Waals surface area contributed by atoms with Crippen LogP contribution in [0.5, 0.6) is 0 Å². The van der Waals surface area contributed by atoms with Gasteiger partial charge >= 0.3 is 35.5 Å². The number of aliphatic hydroxyl groups is 1. The molecule has 0 aliphatic rings. The summed E-state index contributed by atoms with van der Waals surface area (Å²) in [6, 6.07) is 0. The molecule has 0 aliphatic heterocycles. The van der Waals surface area contributed by atoms with Gasteiger partial charge in [0.15, 0.2) is 0 Å². The van der Waals surface area contributed by atoms with Crippen LogP contribution in [0.15, 0.2) is 0 Å². The maximum atomic E-state index is 11.0. The van der Waals surface area contributed by atoms with Gasteiger partial charge in [-0.2, -0.15) is 0 Å². The third-order valence-corrected chi connectivity index (χ3v) is 4.81. The van der Waals surface area contributed by atoms with E-state index in [9.17, 15) is 19.8 Å². The molecular formula is C19H35NaO5. The fourth-order valence-electron chi connectivity index (χ4n) is 2.60. The zero-order chi connectivity index (χ0) is 18.8. The molecule has 0 rings (SSSR count). The Morgan fingerprint density at radius 3 is 1.60 bits per heavy atom. The molecule has 0 amide bonds. The molecule has 1 unspecified atom stereocenters. The number of rotatable bonds is 14. The number of carbonyl (C=O) groups is 2. The van der Waals surface area contributed by atoms with Crippen molar-refractivity contribution in [1.82, 2.24) is 0 Å². The van der Waals surface area contributed by atoms with Gasteiger partial charge in [0, 0.05) is 11.4 Å². The standard InChI is InChI=1S/C19H36O5.Na/c1-18(2,16(21)22)13-9-5-7-11-15(20)12-8-6-10-14-19(3,4)17(23)24;/h15,20H,5-14H2,1-4H3,(H,21,22)(H,23,24);/q;+1/p-1. The summed E-state index contributed by atoms with van der Waals surface area (Å²) in [5.41, 5.74) is -1.44. The Kier molecular flexibility index (Phi) is 14.2. The van der Waals surface area contributed by atoms with Gasteiger partial charge < -0.3 is 20.1 Å². The van der Waals surface area contributed by atoms with Crippen LogP contribution < -0.4 is 34.7 Å². The molecule has 142 valence electrons. The first-order valence-corrected chi connectivity index (χ1v) is 9.12. The molecule has 0 saturated carbocycles. The van der Waals surface area contributed by atoms with Crippen LogP contribution in [0.25, 0.3) is 0 Å². The van der Waals surface area contributed by atoms with E-state index in [0.717, 1.165) is 51.4 Å². The van der Waals surface area contributed by atoms with Crippen molar-refractivity contribution in [3.63, 3.8) is 0 Å². The average molecular weight is 366 g/mol. The molecule has 0 aromatic rings. The molecule has 0 saturated heterocycles. The number of unbranched alkanes of at least 4 members (excludes halogenated alkanes) is 4. The Bertz CT molecular complexity index is 357. The summed E-state index contributed by atoms with van der Waals surface area (Å²) < 4.78 is 0. The molecule has 0 heterocycles. The Labute approximate surface area is 174 Å². The maximum Gasteiger partial charge on any atom is 1.00 e. The largest absolute Gasteiger partial charge is 1.00 e. The zero-order valence-corrected chi connectivity index (χ0v) is 18.8. The van der Waals surface area contributed by atoms with Crippen molar-refractivity contribution in [2.24, 2.45) is 10.8 Å². The second kappa shape index (κ2) is 13.1. The van der Waals surface area contributed by atoms with Gasteiger partial charge in [-0.3, -0.25) is 4.79 Å². The number of carboxylic acid groups (broad SMARTS) is 2. The second-order valence-corrected chi connectivity index (χ2v) is 8.21. The average Bonchev–Trinajstić information content (AvgIpc) is 2.45. The summed E-state index contributed by atoms with van der Waals surface area (Å²) in [6.07, 6.45) is 7.80. The number of carboxylic acids is 2. The van der Waals surface area contributed by atoms with Crippen molar-refractivity contribution < 1.29 is 54.5 Å². The number of hydrogen-bond acceptors (Lipinski definition) is 4. The normalized spacial score (nSPS) is 13.2. The number of aliphatic hydroxyl groups excluding tert-OH is 1. The van der Waals surface area contributed by atoms with Crippen molar-refractivity contribution in [3.05, 3.63) is 0 Å². The minimum absolute atomic E-state index is 0. The molecule has 0 aliphatic carbocycles. The van der Waals surface area contributed by atoms with E-state index in [-0.39, 0.29) is 35.7 Å². The van der Waals surface area contributed by atoms with E-state index in [1.165, 1.54) is 0 Å². The van der Waals surface area contributed by atoms with Crippen LogP contribution in [0, 0.1) is 10.8 Å². The van der Waals surface area contributed by atoms with E-state index in [0.29, 0.717) is 12.8 Å². The quantitative estimate of drug-likeness (QED) is 0.337. The van der Waals surface area contributed by atoms with Gasteiger partial charge in [0.2, 0.25) is 0 Å². The van der Waals surface area contributed by atoms with Crippen LogP contribution >= 0.6 is 0 Å². The SMILES string of the molecule is CC(C)(CCCCCC(O)CCCCCC(C)(C)C(=O)O)C(=O)[O-].[Na+]. The van der Waals surface area contributed by atoms with Gasteiger partial charge in [-0.15, -0.1) is 0 Å². The molecular weight excluding hydrogens is 331 g/mol. The van der Waals surface area contributed by atoms with Gasteiger partial charge in [-0.25, -0.2) is 0 Å². The summed E-state index contributed by atoms with van der Waals surface area (Å²) in [6.45, 7) is 6.85. The monoisotopic (exact) mass is 366 g/mol. The van der Waals surface area contributed by atoms with Crippen molar-refractivity contribution >= 4 is 11.9 Å². The molecule has 0 spiro atoms. The van der Waals surface area contributed by atoms with Gasteiger partial charge in [0.25, 0.3) is 0 Å². The van der Waals surface area contributed by atoms with Gasteiger partial charge in [-0.1, -0.05) is 52.4 Å². The van der Waals surface area contributed by atoms with Gasteiger partial charge in [-0.05, 0) is 39.5 Å². The summed E-state index contributed by atoms with van der Waals surface area (Å²) in [5.74, 6) is -1.77. The molecule has 25 heavy (non-hydrogen) atoms. The van der Waals surface area contributed by atoms with E-state index in [2.05, 4.69) is 0 Å². The summed E-state index contributed by atoms with van der Waals surface area (Å²) in [4.78, 5) is 21.9. The van der Waals surface area contributed by atoms with E-state index >= 15 is 0 Å². The van der Waals surface area contributed by atoms with Gasteiger partial charge in [0.1, 0.15) is 0 Å². The molecule has 0 aromatic heterocycles. The fourth-order valence-corrected chi connectivity index (χ4v) is 2.60. The molecule has 0 radical (unpaired) electrons. The third kappa shape index (κ3) is 12.8. The minimum atomic E-state index is -1.01. The number of hydrogen-bond donors (Lipinski definition) is 2. The van der Waals surface area contributed by atoms with E-state index in [1.54, 1.807) is 27.7 Å². The molecule has 0 aromatic carbocycles. The molecule has 6 heteroatoms. The van der Waals surface area contributed by atoms with E-state index in [1.807, 2.05) is 0 Å². The molecule has 0 bridgehead atoms. The molecule has 5 nitrogen and oxygen atoms in total. The van der Waals surface area contributed by atoms with Gasteiger partial charge in [0.05, 0.1) is 11.5 Å². The fraction of sp³-hybridized carbons (Fsp3) is 0.895. The molecule has 1 atom stereocenters. The minimum Gasteiger partial charge on any atom is -0.550 e. The van der Waals surface area contributed by atoms with Crippen molar-refractivity contribution in [2.75, 3.05) is 0 Å². The number of aliphatic carboxylic acids is 2. The van der Waals surface area contributed by atoms with Crippen LogP contribution in [0.2, 0.25) is 0 Å². The Morgan fingerprint density at radius 1 is 0.840 bits per heavy atom. The van der Waals surface area contributed by atoms with Crippen molar-refractivity contribution in [2.45, 2.75) is 98.0 Å². The van der Waals surface area contributed by atoms with Crippen LogP contribution in [0.1, 0.15) is 91.9 Å². The maximum absolute atomic E-state index is 11.0. The topological polar surface area (TPSA) is 97.7 Å². The summed E-state index contributed by atoms with van der Waals surface area (Å²) in [7, 11) is 0. The summed E-state index contributed by atoms with van der Waals surface area (Å²) >= 11 is 0. The Morgan fingerprint density at radius 2 is 1.24 bits per heavy atom. The first-order chi connectivity index (χ1) is 11.0. The molecule has 0 fully saturated rings. The van der Waals surface area contributed by atoms with Crippen molar-refractivity contribution in [1.29, 1.82) is 0 Å². The van der Waals surface area contributed by atoms with Crippen LogP contribution in [0.3, 0.4) is 0 Å². The van der Waals surface area contributed by atoms with Crippen LogP contribution in [-0.4, -0.2) is 28.3 Å². The molecule has 2 N–H and O–H groups in total. The second-order valence-electron chi connectivity index (χ2n) is 8.21. The van der Waals surface area contributed by atoms with Crippen LogP contribution in [-0.2, 0) is 9.59 Å².